The van der Waals surface area contributed by atoms with E-state index in [0.717, 1.165) is 5.92 Å². The third kappa shape index (κ3) is 22.1. The lowest BCUT2D eigenvalue weighted by atomic mass is 9.89. The Labute approximate surface area is 174 Å². The zero-order valence-corrected chi connectivity index (χ0v) is 19.9. The van der Waals surface area contributed by atoms with E-state index in [-0.39, 0.29) is 0 Å². The molecule has 0 fully saturated rings. The van der Waals surface area contributed by atoms with Gasteiger partial charge in [0.2, 0.25) is 0 Å². The Morgan fingerprint density at radius 2 is 0.778 bits per heavy atom. The van der Waals surface area contributed by atoms with Crippen LogP contribution in [0.15, 0.2) is 0 Å². The molecule has 0 bridgehead atoms. The highest BCUT2D eigenvalue weighted by molar-refractivity contribution is 4.62. The van der Waals surface area contributed by atoms with Gasteiger partial charge in [-0.15, -0.1) is 0 Å². The summed E-state index contributed by atoms with van der Waals surface area (Å²) in [6, 6.07) is 0. The number of hydrogen-bond acceptors (Lipinski definition) is 1. The highest BCUT2D eigenvalue weighted by Gasteiger charge is 2.08. The molecule has 0 atom stereocenters. The van der Waals surface area contributed by atoms with Gasteiger partial charge in [0.15, 0.2) is 0 Å². The number of unbranched alkanes of at least 4 members (excludes halogenated alkanes) is 14. The summed E-state index contributed by atoms with van der Waals surface area (Å²) in [6.45, 7) is 5.89. The second kappa shape index (κ2) is 22.3. The molecule has 0 rings (SSSR count). The highest BCUT2D eigenvalue weighted by atomic mass is 15.0. The van der Waals surface area contributed by atoms with Crippen molar-refractivity contribution in [3.8, 4) is 0 Å². The lowest BCUT2D eigenvalue weighted by Crippen LogP contribution is -2.12. The Morgan fingerprint density at radius 3 is 1.15 bits per heavy atom. The van der Waals surface area contributed by atoms with E-state index in [0.29, 0.717) is 0 Å². The predicted octanol–water partition coefficient (Wildman–Crippen LogP) is 9.01. The molecule has 1 nitrogen and oxygen atoms in total. The van der Waals surface area contributed by atoms with E-state index >= 15 is 0 Å². The van der Waals surface area contributed by atoms with Gasteiger partial charge in [0.1, 0.15) is 0 Å². The van der Waals surface area contributed by atoms with Gasteiger partial charge in [-0.3, -0.25) is 0 Å². The second-order valence-corrected chi connectivity index (χ2v) is 9.34. The lowest BCUT2D eigenvalue weighted by molar-refractivity contribution is 0.352. The van der Waals surface area contributed by atoms with Crippen LogP contribution >= 0.6 is 0 Å². The first-order chi connectivity index (χ1) is 13.2. The van der Waals surface area contributed by atoms with Gasteiger partial charge in [0.25, 0.3) is 0 Å². The Balaban J connectivity index is 3.81. The quantitative estimate of drug-likeness (QED) is 0.169. The van der Waals surface area contributed by atoms with Crippen LogP contribution in [0.25, 0.3) is 0 Å². The van der Waals surface area contributed by atoms with E-state index < -0.39 is 0 Å². The minimum Gasteiger partial charge on any atom is -0.309 e. The second-order valence-electron chi connectivity index (χ2n) is 9.34. The average Bonchev–Trinajstić information content (AvgIpc) is 2.65. The molecule has 0 unspecified atom stereocenters. The van der Waals surface area contributed by atoms with Crippen molar-refractivity contribution in [1.82, 2.24) is 4.90 Å². The molecule has 0 aliphatic carbocycles. The topological polar surface area (TPSA) is 3.24 Å². The first-order valence-corrected chi connectivity index (χ1v) is 12.8. The maximum atomic E-state index is 2.33. The number of rotatable bonds is 22. The van der Waals surface area contributed by atoms with E-state index in [4.69, 9.17) is 0 Å². The van der Waals surface area contributed by atoms with E-state index in [1.807, 2.05) is 0 Å². The van der Waals surface area contributed by atoms with Crippen molar-refractivity contribution < 1.29 is 0 Å². The fourth-order valence-electron chi connectivity index (χ4n) is 4.25. The number of nitrogens with zero attached hydrogens (tertiary/aromatic N) is 1. The van der Waals surface area contributed by atoms with Crippen molar-refractivity contribution >= 4 is 0 Å². The van der Waals surface area contributed by atoms with Crippen LogP contribution in [0.1, 0.15) is 142 Å². The molecule has 0 saturated heterocycles. The average molecular weight is 382 g/mol. The van der Waals surface area contributed by atoms with Crippen molar-refractivity contribution in [2.45, 2.75) is 142 Å². The summed E-state index contributed by atoms with van der Waals surface area (Å²) < 4.78 is 0. The van der Waals surface area contributed by atoms with Crippen LogP contribution in [0, 0.1) is 5.92 Å². The third-order valence-electron chi connectivity index (χ3n) is 6.15. The SMILES string of the molecule is CCCCCCCCCC(CCCCCCCCC)CCCCCN(C)C. The molecular weight excluding hydrogens is 326 g/mol. The van der Waals surface area contributed by atoms with Crippen molar-refractivity contribution in [3.63, 3.8) is 0 Å². The Morgan fingerprint density at radius 1 is 0.444 bits per heavy atom. The minimum absolute atomic E-state index is 1.02. The molecule has 0 aromatic carbocycles. The molecule has 0 heterocycles. The van der Waals surface area contributed by atoms with E-state index in [2.05, 4.69) is 32.8 Å². The fraction of sp³-hybridized carbons (Fsp3) is 1.00. The first kappa shape index (κ1) is 27.0. The van der Waals surface area contributed by atoms with Crippen LogP contribution in [-0.4, -0.2) is 25.5 Å². The summed E-state index contributed by atoms with van der Waals surface area (Å²) in [5.41, 5.74) is 0. The van der Waals surface area contributed by atoms with Gasteiger partial charge in [-0.05, 0) is 33.0 Å². The van der Waals surface area contributed by atoms with Crippen molar-refractivity contribution in [3.05, 3.63) is 0 Å². The molecule has 0 aromatic rings. The Kier molecular flexibility index (Phi) is 22.2. The maximum absolute atomic E-state index is 2.33. The zero-order chi connectivity index (χ0) is 20.0. The predicted molar refractivity (Wildman–Crippen MR) is 126 cm³/mol. The molecule has 0 N–H and O–H groups in total. The highest BCUT2D eigenvalue weighted by Crippen LogP contribution is 2.24. The van der Waals surface area contributed by atoms with Crippen molar-refractivity contribution in [2.24, 2.45) is 5.92 Å². The zero-order valence-electron chi connectivity index (χ0n) is 19.9. The summed E-state index contributed by atoms with van der Waals surface area (Å²) in [7, 11) is 4.40. The van der Waals surface area contributed by atoms with Gasteiger partial charge in [-0.2, -0.15) is 0 Å². The molecule has 0 aromatic heterocycles. The monoisotopic (exact) mass is 381 g/mol. The standard InChI is InChI=1S/C26H55N/c1-5-7-9-11-13-15-18-22-26(24-20-17-21-25-27(3)4)23-19-16-14-12-10-8-6-2/h26H,5-25H2,1-4H3. The molecule has 0 spiro atoms. The van der Waals surface area contributed by atoms with Gasteiger partial charge in [0.05, 0.1) is 0 Å². The molecule has 0 aliphatic rings. The minimum atomic E-state index is 1.02. The van der Waals surface area contributed by atoms with Crippen LogP contribution in [0.3, 0.4) is 0 Å². The molecular formula is C26H55N. The molecule has 1 heteroatoms. The van der Waals surface area contributed by atoms with Gasteiger partial charge in [-0.1, -0.05) is 136 Å². The van der Waals surface area contributed by atoms with Crippen molar-refractivity contribution in [1.29, 1.82) is 0 Å². The third-order valence-corrected chi connectivity index (χ3v) is 6.15. The summed E-state index contributed by atoms with van der Waals surface area (Å²) in [4.78, 5) is 2.33. The molecule has 164 valence electrons. The van der Waals surface area contributed by atoms with E-state index in [1.165, 1.54) is 135 Å². The molecule has 0 radical (unpaired) electrons. The summed E-state index contributed by atoms with van der Waals surface area (Å²) in [6.07, 6.45) is 29.2. The largest absolute Gasteiger partial charge is 0.309 e. The van der Waals surface area contributed by atoms with Gasteiger partial charge in [0, 0.05) is 0 Å². The molecule has 0 amide bonds. The first-order valence-electron chi connectivity index (χ1n) is 12.8. The fourth-order valence-corrected chi connectivity index (χ4v) is 4.25. The Bertz CT molecular complexity index is 243. The summed E-state index contributed by atoms with van der Waals surface area (Å²) in [5.74, 6) is 1.02. The normalized spacial score (nSPS) is 11.8. The Hall–Kier alpha value is -0.0400. The maximum Gasteiger partial charge on any atom is -0.00248 e. The molecule has 0 aliphatic heterocycles. The van der Waals surface area contributed by atoms with E-state index in [9.17, 15) is 0 Å². The summed E-state index contributed by atoms with van der Waals surface area (Å²) >= 11 is 0. The molecule has 27 heavy (non-hydrogen) atoms. The smallest absolute Gasteiger partial charge is 0.00248 e. The van der Waals surface area contributed by atoms with Crippen molar-refractivity contribution in [2.75, 3.05) is 20.6 Å². The van der Waals surface area contributed by atoms with Gasteiger partial charge >= 0.3 is 0 Å². The van der Waals surface area contributed by atoms with Crippen LogP contribution in [0.4, 0.5) is 0 Å². The summed E-state index contributed by atoms with van der Waals surface area (Å²) in [5, 5.41) is 0. The number of hydrogen-bond donors (Lipinski definition) is 0. The van der Waals surface area contributed by atoms with E-state index in [1.54, 1.807) is 0 Å². The van der Waals surface area contributed by atoms with Gasteiger partial charge < -0.3 is 4.90 Å². The molecule has 0 saturated carbocycles. The van der Waals surface area contributed by atoms with Crippen LogP contribution in [-0.2, 0) is 0 Å². The van der Waals surface area contributed by atoms with Crippen LogP contribution < -0.4 is 0 Å². The lowest BCUT2D eigenvalue weighted by Gasteiger charge is -2.17. The van der Waals surface area contributed by atoms with Gasteiger partial charge in [-0.25, -0.2) is 0 Å². The van der Waals surface area contributed by atoms with Crippen LogP contribution in [0.2, 0.25) is 0 Å². The van der Waals surface area contributed by atoms with Crippen LogP contribution in [0.5, 0.6) is 0 Å².